The number of halogens is 1. The van der Waals surface area contributed by atoms with Gasteiger partial charge in [-0.2, -0.15) is 0 Å². The average Bonchev–Trinajstić information content (AvgIpc) is 2.38. The van der Waals surface area contributed by atoms with Crippen LogP contribution in [0.2, 0.25) is 0 Å². The zero-order valence-corrected chi connectivity index (χ0v) is 12.5. The Kier molecular flexibility index (Phi) is 4.90. The summed E-state index contributed by atoms with van der Waals surface area (Å²) in [6.45, 7) is 5.44. The molecule has 2 heterocycles. The van der Waals surface area contributed by atoms with E-state index in [1.165, 1.54) is 0 Å². The van der Waals surface area contributed by atoms with Gasteiger partial charge in [0.05, 0.1) is 11.7 Å². The van der Waals surface area contributed by atoms with E-state index in [0.717, 1.165) is 17.6 Å². The smallest absolute Gasteiger partial charge is 0.255 e. The highest BCUT2D eigenvalue weighted by atomic mass is 79.9. The lowest BCUT2D eigenvalue weighted by Gasteiger charge is -2.35. The fourth-order valence-corrected chi connectivity index (χ4v) is 2.58. The number of β-amino-alcohol motifs (C(OH)–C–C–N with tert-alkyl or cyclic N) is 1. The van der Waals surface area contributed by atoms with E-state index in [0.29, 0.717) is 25.2 Å². The summed E-state index contributed by atoms with van der Waals surface area (Å²) in [6, 6.07) is 1.79. The molecule has 1 fully saturated rings. The van der Waals surface area contributed by atoms with Gasteiger partial charge < -0.3 is 10.0 Å². The minimum absolute atomic E-state index is 0.0190. The summed E-state index contributed by atoms with van der Waals surface area (Å²) in [6.07, 6.45) is 2.93. The molecule has 2 rings (SSSR count). The molecule has 1 aliphatic heterocycles. The second-order valence-corrected chi connectivity index (χ2v) is 5.75. The molecule has 0 radical (unpaired) electrons. The Bertz CT molecular complexity index is 445. The van der Waals surface area contributed by atoms with Crippen molar-refractivity contribution in [1.82, 2.24) is 14.8 Å². The maximum atomic E-state index is 12.3. The van der Waals surface area contributed by atoms with Gasteiger partial charge in [-0.15, -0.1) is 0 Å². The van der Waals surface area contributed by atoms with Crippen molar-refractivity contribution in [3.8, 4) is 0 Å². The minimum Gasteiger partial charge on any atom is -0.392 e. The second-order valence-electron chi connectivity index (χ2n) is 4.83. The first kappa shape index (κ1) is 14.4. The predicted molar refractivity (Wildman–Crippen MR) is 76.0 cm³/mol. The van der Waals surface area contributed by atoms with Crippen LogP contribution in [0.1, 0.15) is 17.3 Å². The molecule has 5 nitrogen and oxygen atoms in total. The highest BCUT2D eigenvalue weighted by molar-refractivity contribution is 9.10. The number of piperazine rings is 1. The topological polar surface area (TPSA) is 56.7 Å². The van der Waals surface area contributed by atoms with Crippen molar-refractivity contribution in [2.45, 2.75) is 13.0 Å². The lowest BCUT2D eigenvalue weighted by Crippen LogP contribution is -2.50. The number of rotatable bonds is 3. The first-order valence-corrected chi connectivity index (χ1v) is 7.16. The van der Waals surface area contributed by atoms with Gasteiger partial charge in [-0.1, -0.05) is 0 Å². The van der Waals surface area contributed by atoms with E-state index < -0.39 is 0 Å². The van der Waals surface area contributed by atoms with Crippen molar-refractivity contribution in [2.75, 3.05) is 32.7 Å². The van der Waals surface area contributed by atoms with Crippen LogP contribution < -0.4 is 0 Å². The van der Waals surface area contributed by atoms with E-state index in [9.17, 15) is 9.90 Å². The fraction of sp³-hybridized carbons (Fsp3) is 0.538. The molecule has 0 aromatic carbocycles. The maximum absolute atomic E-state index is 12.3. The van der Waals surface area contributed by atoms with E-state index in [4.69, 9.17) is 0 Å². The van der Waals surface area contributed by atoms with E-state index in [2.05, 4.69) is 25.8 Å². The van der Waals surface area contributed by atoms with Crippen LogP contribution in [-0.4, -0.2) is 64.6 Å². The number of hydrogen-bond acceptors (Lipinski definition) is 4. The van der Waals surface area contributed by atoms with Gasteiger partial charge in [-0.3, -0.25) is 14.7 Å². The third kappa shape index (κ3) is 3.99. The Balaban J connectivity index is 1.92. The number of hydrogen-bond donors (Lipinski definition) is 1. The van der Waals surface area contributed by atoms with Crippen LogP contribution in [0.15, 0.2) is 22.9 Å². The van der Waals surface area contributed by atoms with Gasteiger partial charge >= 0.3 is 0 Å². The van der Waals surface area contributed by atoms with Crippen molar-refractivity contribution < 1.29 is 9.90 Å². The molecule has 19 heavy (non-hydrogen) atoms. The van der Waals surface area contributed by atoms with Crippen molar-refractivity contribution in [2.24, 2.45) is 0 Å². The highest BCUT2D eigenvalue weighted by Crippen LogP contribution is 2.13. The molecular formula is C13H18BrN3O2. The molecule has 0 bridgehead atoms. The Morgan fingerprint density at radius 2 is 2.11 bits per heavy atom. The summed E-state index contributed by atoms with van der Waals surface area (Å²) < 4.78 is 0.811. The molecule has 104 valence electrons. The third-order valence-electron chi connectivity index (χ3n) is 3.13. The van der Waals surface area contributed by atoms with Gasteiger partial charge in [-0.25, -0.2) is 0 Å². The molecule has 1 aliphatic rings. The summed E-state index contributed by atoms with van der Waals surface area (Å²) in [4.78, 5) is 20.3. The summed E-state index contributed by atoms with van der Waals surface area (Å²) in [5.41, 5.74) is 0.610. The molecule has 1 saturated heterocycles. The number of aliphatic hydroxyl groups excluding tert-OH is 1. The van der Waals surface area contributed by atoms with Crippen molar-refractivity contribution in [3.63, 3.8) is 0 Å². The largest absolute Gasteiger partial charge is 0.392 e. The SMILES string of the molecule is C[C@@H](O)CN1CCN(C(=O)c2cncc(Br)c2)CC1. The molecule has 0 unspecified atom stereocenters. The molecule has 1 atom stereocenters. The summed E-state index contributed by atoms with van der Waals surface area (Å²) in [5.74, 6) is 0.0190. The maximum Gasteiger partial charge on any atom is 0.255 e. The molecule has 1 N–H and O–H groups in total. The molecule has 0 aliphatic carbocycles. The van der Waals surface area contributed by atoms with Gasteiger partial charge in [0.15, 0.2) is 0 Å². The van der Waals surface area contributed by atoms with E-state index in [1.54, 1.807) is 25.4 Å². The Morgan fingerprint density at radius 3 is 2.68 bits per heavy atom. The third-order valence-corrected chi connectivity index (χ3v) is 3.57. The van der Waals surface area contributed by atoms with E-state index in [1.807, 2.05) is 4.90 Å². The lowest BCUT2D eigenvalue weighted by atomic mass is 10.2. The van der Waals surface area contributed by atoms with Crippen LogP contribution in [0.4, 0.5) is 0 Å². The van der Waals surface area contributed by atoms with Gasteiger partial charge in [0.2, 0.25) is 0 Å². The number of aliphatic hydroxyl groups is 1. The van der Waals surface area contributed by atoms with Crippen molar-refractivity contribution in [3.05, 3.63) is 28.5 Å². The van der Waals surface area contributed by atoms with Gasteiger partial charge in [0.1, 0.15) is 0 Å². The zero-order chi connectivity index (χ0) is 13.8. The first-order chi connectivity index (χ1) is 9.06. The number of pyridine rings is 1. The van der Waals surface area contributed by atoms with Crippen LogP contribution >= 0.6 is 15.9 Å². The number of amides is 1. The van der Waals surface area contributed by atoms with Crippen LogP contribution in [0, 0.1) is 0 Å². The molecule has 1 amide bonds. The first-order valence-electron chi connectivity index (χ1n) is 6.36. The average molecular weight is 328 g/mol. The van der Waals surface area contributed by atoms with Crippen molar-refractivity contribution in [1.29, 1.82) is 0 Å². The van der Waals surface area contributed by atoms with Gasteiger partial charge in [0.25, 0.3) is 5.91 Å². The van der Waals surface area contributed by atoms with Crippen molar-refractivity contribution >= 4 is 21.8 Å². The molecule has 1 aromatic heterocycles. The minimum atomic E-state index is -0.323. The summed E-state index contributed by atoms with van der Waals surface area (Å²) in [7, 11) is 0. The monoisotopic (exact) mass is 327 g/mol. The summed E-state index contributed by atoms with van der Waals surface area (Å²) in [5, 5.41) is 9.35. The number of aromatic nitrogens is 1. The molecule has 0 saturated carbocycles. The number of carbonyl (C=O) groups excluding carboxylic acids is 1. The van der Waals surface area contributed by atoms with E-state index >= 15 is 0 Å². The van der Waals surface area contributed by atoms with Crippen LogP contribution in [-0.2, 0) is 0 Å². The normalized spacial score (nSPS) is 18.4. The highest BCUT2D eigenvalue weighted by Gasteiger charge is 2.22. The van der Waals surface area contributed by atoms with Crippen LogP contribution in [0.3, 0.4) is 0 Å². The standard InChI is InChI=1S/C13H18BrN3O2/c1-10(18)9-16-2-4-17(5-3-16)13(19)11-6-12(14)8-15-7-11/h6-8,10,18H,2-5,9H2,1H3/t10-/m1/s1. The van der Waals surface area contributed by atoms with Gasteiger partial charge in [-0.05, 0) is 28.9 Å². The summed E-state index contributed by atoms with van der Waals surface area (Å²) >= 11 is 3.32. The number of nitrogens with zero attached hydrogens (tertiary/aromatic N) is 3. The lowest BCUT2D eigenvalue weighted by molar-refractivity contribution is 0.0553. The Morgan fingerprint density at radius 1 is 1.42 bits per heavy atom. The molecule has 1 aromatic rings. The van der Waals surface area contributed by atoms with Gasteiger partial charge in [0, 0.05) is 49.6 Å². The second kappa shape index (κ2) is 6.45. The molecular weight excluding hydrogens is 310 g/mol. The zero-order valence-electron chi connectivity index (χ0n) is 10.9. The fourth-order valence-electron chi connectivity index (χ4n) is 2.22. The van der Waals surface area contributed by atoms with Crippen LogP contribution in [0.5, 0.6) is 0 Å². The molecule has 0 spiro atoms. The Hall–Kier alpha value is -0.980. The quantitative estimate of drug-likeness (QED) is 0.899. The Labute approximate surface area is 121 Å². The predicted octanol–water partition coefficient (Wildman–Crippen LogP) is 0.983. The number of carbonyl (C=O) groups is 1. The van der Waals surface area contributed by atoms with Crippen LogP contribution in [0.25, 0.3) is 0 Å². The molecule has 6 heteroatoms. The van der Waals surface area contributed by atoms with E-state index in [-0.39, 0.29) is 12.0 Å².